The minimum absolute atomic E-state index is 0.0110. The number of aryl methyl sites for hydroxylation is 1. The summed E-state index contributed by atoms with van der Waals surface area (Å²) in [6.45, 7) is 1.82. The van der Waals surface area contributed by atoms with Gasteiger partial charge < -0.3 is 10.2 Å². The molecule has 0 aliphatic heterocycles. The van der Waals surface area contributed by atoms with E-state index < -0.39 is 22.0 Å². The lowest BCUT2D eigenvalue weighted by atomic mass is 10.1. The first-order chi connectivity index (χ1) is 10.3. The maximum Gasteiger partial charge on any atom is 0.326 e. The number of sulfonamides is 1. The lowest BCUT2D eigenvalue weighted by molar-refractivity contribution is -0.139. The van der Waals surface area contributed by atoms with Crippen LogP contribution in [0.15, 0.2) is 53.4 Å². The summed E-state index contributed by atoms with van der Waals surface area (Å²) in [6.07, 6.45) is 0. The second kappa shape index (κ2) is 6.17. The summed E-state index contributed by atoms with van der Waals surface area (Å²) in [5.74, 6) is -1.37. The lowest BCUT2D eigenvalue weighted by Crippen LogP contribution is -2.33. The van der Waals surface area contributed by atoms with Gasteiger partial charge in [0.05, 0.1) is 4.90 Å². The molecular formula is C15H15NO5S. The Bertz CT molecular complexity index is 767. The van der Waals surface area contributed by atoms with Gasteiger partial charge in [-0.2, -0.15) is 4.72 Å². The van der Waals surface area contributed by atoms with E-state index in [1.807, 2.05) is 6.92 Å². The summed E-state index contributed by atoms with van der Waals surface area (Å²) < 4.78 is 26.7. The number of carboxylic acid groups (broad SMARTS) is 1. The Hall–Kier alpha value is -2.38. The van der Waals surface area contributed by atoms with Gasteiger partial charge in [-0.15, -0.1) is 0 Å². The van der Waals surface area contributed by atoms with Gasteiger partial charge in [0.15, 0.2) is 0 Å². The van der Waals surface area contributed by atoms with Gasteiger partial charge in [-0.25, -0.2) is 8.42 Å². The highest BCUT2D eigenvalue weighted by atomic mass is 32.2. The van der Waals surface area contributed by atoms with Crippen molar-refractivity contribution in [3.05, 3.63) is 59.7 Å². The van der Waals surface area contributed by atoms with E-state index in [2.05, 4.69) is 4.72 Å². The molecule has 3 N–H and O–H groups in total. The molecule has 0 aliphatic carbocycles. The molecule has 0 radical (unpaired) electrons. The largest absolute Gasteiger partial charge is 0.508 e. The van der Waals surface area contributed by atoms with Crippen LogP contribution in [-0.4, -0.2) is 24.6 Å². The van der Waals surface area contributed by atoms with Crippen LogP contribution in [0.4, 0.5) is 0 Å². The van der Waals surface area contributed by atoms with Gasteiger partial charge in [-0.3, -0.25) is 4.79 Å². The minimum atomic E-state index is -3.97. The number of hydrogen-bond acceptors (Lipinski definition) is 4. The predicted molar refractivity (Wildman–Crippen MR) is 80.0 cm³/mol. The zero-order valence-corrected chi connectivity index (χ0v) is 12.5. The van der Waals surface area contributed by atoms with E-state index in [1.165, 1.54) is 36.4 Å². The van der Waals surface area contributed by atoms with Gasteiger partial charge >= 0.3 is 5.97 Å². The molecule has 0 spiro atoms. The third-order valence-electron chi connectivity index (χ3n) is 3.08. The number of phenolic OH excluding ortho intramolecular Hbond substituents is 1. The Kier molecular flexibility index (Phi) is 4.48. The molecule has 22 heavy (non-hydrogen) atoms. The van der Waals surface area contributed by atoms with Crippen LogP contribution in [0, 0.1) is 6.92 Å². The molecule has 7 heteroatoms. The van der Waals surface area contributed by atoms with Gasteiger partial charge in [0.2, 0.25) is 10.0 Å². The van der Waals surface area contributed by atoms with Crippen LogP contribution < -0.4 is 4.72 Å². The number of rotatable bonds is 5. The minimum Gasteiger partial charge on any atom is -0.508 e. The highest BCUT2D eigenvalue weighted by Gasteiger charge is 2.26. The number of hydrogen-bond donors (Lipinski definition) is 3. The molecular weight excluding hydrogens is 306 g/mol. The van der Waals surface area contributed by atoms with E-state index in [-0.39, 0.29) is 16.2 Å². The van der Waals surface area contributed by atoms with Gasteiger partial charge in [0, 0.05) is 0 Å². The molecule has 0 bridgehead atoms. The Labute approximate surface area is 128 Å². The average molecular weight is 321 g/mol. The second-order valence-corrected chi connectivity index (χ2v) is 6.51. The molecule has 0 aromatic heterocycles. The fraction of sp³-hybridized carbons (Fsp3) is 0.133. The number of benzene rings is 2. The van der Waals surface area contributed by atoms with Crippen molar-refractivity contribution in [2.45, 2.75) is 17.9 Å². The van der Waals surface area contributed by atoms with Crippen LogP contribution in [0.5, 0.6) is 5.75 Å². The smallest absolute Gasteiger partial charge is 0.326 e. The predicted octanol–water partition coefficient (Wildman–Crippen LogP) is 1.80. The van der Waals surface area contributed by atoms with Crippen LogP contribution in [0.1, 0.15) is 17.2 Å². The molecule has 6 nitrogen and oxygen atoms in total. The Morgan fingerprint density at radius 1 is 1.05 bits per heavy atom. The SMILES string of the molecule is Cc1ccc(S(=O)(=O)N[C@H](C(=O)O)c2ccc(O)cc2)cc1. The number of nitrogens with one attached hydrogen (secondary N) is 1. The van der Waals surface area contributed by atoms with E-state index in [4.69, 9.17) is 0 Å². The van der Waals surface area contributed by atoms with Crippen molar-refractivity contribution in [2.24, 2.45) is 0 Å². The van der Waals surface area contributed by atoms with Crippen LogP contribution >= 0.6 is 0 Å². The van der Waals surface area contributed by atoms with E-state index in [9.17, 15) is 23.4 Å². The van der Waals surface area contributed by atoms with Gasteiger partial charge in [0.1, 0.15) is 11.8 Å². The van der Waals surface area contributed by atoms with E-state index >= 15 is 0 Å². The first-order valence-electron chi connectivity index (χ1n) is 6.40. The van der Waals surface area contributed by atoms with Gasteiger partial charge in [0.25, 0.3) is 0 Å². The monoisotopic (exact) mass is 321 g/mol. The average Bonchev–Trinajstić information content (AvgIpc) is 2.46. The molecule has 2 aromatic rings. The van der Waals surface area contributed by atoms with Crippen LogP contribution in [0.25, 0.3) is 0 Å². The fourth-order valence-electron chi connectivity index (χ4n) is 1.87. The standard InChI is InChI=1S/C15H15NO5S/c1-10-2-8-13(9-3-10)22(20,21)16-14(15(18)19)11-4-6-12(17)7-5-11/h2-9,14,16-17H,1H3,(H,18,19)/t14-/m0/s1. The molecule has 2 aromatic carbocycles. The van der Waals surface area contributed by atoms with Crippen molar-refractivity contribution in [1.29, 1.82) is 0 Å². The third kappa shape index (κ3) is 3.63. The maximum absolute atomic E-state index is 12.3. The number of aliphatic carboxylic acids is 1. The Morgan fingerprint density at radius 2 is 1.59 bits per heavy atom. The molecule has 0 saturated carbocycles. The quantitative estimate of drug-likeness (QED) is 0.779. The zero-order valence-electron chi connectivity index (χ0n) is 11.7. The van der Waals surface area contributed by atoms with E-state index in [0.29, 0.717) is 0 Å². The summed E-state index contributed by atoms with van der Waals surface area (Å²) in [7, 11) is -3.97. The number of phenols is 1. The van der Waals surface area contributed by atoms with Crippen molar-refractivity contribution < 1.29 is 23.4 Å². The van der Waals surface area contributed by atoms with Crippen molar-refractivity contribution in [3.8, 4) is 5.75 Å². The molecule has 0 aliphatic rings. The molecule has 1 atom stereocenters. The number of aromatic hydroxyl groups is 1. The van der Waals surface area contributed by atoms with Crippen molar-refractivity contribution in [2.75, 3.05) is 0 Å². The highest BCUT2D eigenvalue weighted by Crippen LogP contribution is 2.20. The molecule has 0 saturated heterocycles. The van der Waals surface area contributed by atoms with Crippen molar-refractivity contribution in [1.82, 2.24) is 4.72 Å². The molecule has 0 heterocycles. The lowest BCUT2D eigenvalue weighted by Gasteiger charge is -2.15. The molecule has 0 fully saturated rings. The van der Waals surface area contributed by atoms with Crippen LogP contribution in [-0.2, 0) is 14.8 Å². The topological polar surface area (TPSA) is 104 Å². The Morgan fingerprint density at radius 3 is 2.09 bits per heavy atom. The first kappa shape index (κ1) is 16.0. The normalized spacial score (nSPS) is 12.8. The molecule has 116 valence electrons. The Balaban J connectivity index is 2.33. The molecule has 0 amide bonds. The fourth-order valence-corrected chi connectivity index (χ4v) is 3.05. The maximum atomic E-state index is 12.3. The number of carbonyl (C=O) groups is 1. The second-order valence-electron chi connectivity index (χ2n) is 4.80. The molecule has 0 unspecified atom stereocenters. The van der Waals surface area contributed by atoms with Crippen molar-refractivity contribution >= 4 is 16.0 Å². The summed E-state index contributed by atoms with van der Waals surface area (Å²) >= 11 is 0. The molecule has 2 rings (SSSR count). The summed E-state index contributed by atoms with van der Waals surface area (Å²) in [4.78, 5) is 11.3. The summed E-state index contributed by atoms with van der Waals surface area (Å²) in [6, 6.07) is 9.94. The zero-order chi connectivity index (χ0) is 16.3. The van der Waals surface area contributed by atoms with Crippen LogP contribution in [0.2, 0.25) is 0 Å². The van der Waals surface area contributed by atoms with E-state index in [1.54, 1.807) is 12.1 Å². The van der Waals surface area contributed by atoms with Gasteiger partial charge in [-0.05, 0) is 36.8 Å². The highest BCUT2D eigenvalue weighted by molar-refractivity contribution is 7.89. The van der Waals surface area contributed by atoms with Crippen molar-refractivity contribution in [3.63, 3.8) is 0 Å². The van der Waals surface area contributed by atoms with Crippen LogP contribution in [0.3, 0.4) is 0 Å². The first-order valence-corrected chi connectivity index (χ1v) is 7.88. The third-order valence-corrected chi connectivity index (χ3v) is 4.52. The number of carboxylic acids is 1. The van der Waals surface area contributed by atoms with E-state index in [0.717, 1.165) is 5.56 Å². The van der Waals surface area contributed by atoms with Gasteiger partial charge in [-0.1, -0.05) is 29.8 Å². The summed E-state index contributed by atoms with van der Waals surface area (Å²) in [5.41, 5.74) is 1.12. The summed E-state index contributed by atoms with van der Waals surface area (Å²) in [5, 5.41) is 18.5.